The maximum absolute atomic E-state index is 10.8. The Morgan fingerprint density at radius 3 is 3.00 bits per heavy atom. The van der Waals surface area contributed by atoms with Crippen LogP contribution in [0.5, 0.6) is 0 Å². The second kappa shape index (κ2) is 5.62. The minimum absolute atomic E-state index is 0.298. The van der Waals surface area contributed by atoms with Crippen LogP contribution in [0.15, 0.2) is 18.2 Å². The molecule has 128 valence electrons. The second-order valence-corrected chi connectivity index (χ2v) is 7.82. The number of hydrogen-bond acceptors (Lipinski definition) is 3. The van der Waals surface area contributed by atoms with Gasteiger partial charge in [-0.3, -0.25) is 0 Å². The number of rotatable bonds is 2. The highest BCUT2D eigenvalue weighted by molar-refractivity contribution is 5.87. The molecule has 1 saturated carbocycles. The molecule has 4 heteroatoms. The summed E-state index contributed by atoms with van der Waals surface area (Å²) in [5.41, 5.74) is 11.0. The van der Waals surface area contributed by atoms with E-state index in [0.717, 1.165) is 17.9 Å². The minimum Gasteiger partial charge on any atom is -0.478 e. The molecule has 3 atom stereocenters. The van der Waals surface area contributed by atoms with Crippen LogP contribution in [-0.2, 0) is 16.6 Å². The molecule has 0 amide bonds. The highest BCUT2D eigenvalue weighted by atomic mass is 16.4. The number of piperidine rings is 1. The zero-order chi connectivity index (χ0) is 16.9. The van der Waals surface area contributed by atoms with Crippen LogP contribution >= 0.6 is 0 Å². The number of aliphatic carboxylic acids is 1. The third-order valence-corrected chi connectivity index (χ3v) is 6.72. The Hall–Kier alpha value is -1.81. The van der Waals surface area contributed by atoms with Gasteiger partial charge >= 0.3 is 5.97 Å². The summed E-state index contributed by atoms with van der Waals surface area (Å²) >= 11 is 0. The van der Waals surface area contributed by atoms with Crippen LogP contribution in [0, 0.1) is 5.92 Å². The fourth-order valence-electron chi connectivity index (χ4n) is 5.60. The molecule has 1 saturated heterocycles. The number of fused-ring (bicyclic) bond motifs is 1. The summed E-state index contributed by atoms with van der Waals surface area (Å²) in [6, 6.07) is 4.92. The fourth-order valence-corrected chi connectivity index (χ4v) is 5.60. The Balaban J connectivity index is 1.83. The van der Waals surface area contributed by atoms with E-state index in [9.17, 15) is 4.79 Å². The maximum atomic E-state index is 10.8. The number of nitrogens with zero attached hydrogens (tertiary/aromatic N) is 1. The lowest BCUT2D eigenvalue weighted by Crippen LogP contribution is -2.59. The molecule has 4 nitrogen and oxygen atoms in total. The van der Waals surface area contributed by atoms with Crippen LogP contribution in [0.2, 0.25) is 0 Å². The van der Waals surface area contributed by atoms with E-state index in [4.69, 9.17) is 10.8 Å². The molecule has 2 aliphatic carbocycles. The summed E-state index contributed by atoms with van der Waals surface area (Å²) in [4.78, 5) is 13.4. The van der Waals surface area contributed by atoms with E-state index in [1.807, 2.05) is 0 Å². The van der Waals surface area contributed by atoms with Gasteiger partial charge in [0.25, 0.3) is 0 Å². The van der Waals surface area contributed by atoms with E-state index >= 15 is 0 Å². The molecule has 0 unspecified atom stereocenters. The molecule has 3 aliphatic rings. The molecule has 0 spiro atoms. The molecule has 1 heterocycles. The number of benzene rings is 1. The smallest absolute Gasteiger partial charge is 0.328 e. The summed E-state index contributed by atoms with van der Waals surface area (Å²) in [6.45, 7) is 1.17. The SMILES string of the molecule is CN1CC[C@]23CCCC[C@H]2[C@H]1Cc1cc(/C=C/C(=O)O)c(N)cc13. The Labute approximate surface area is 143 Å². The predicted molar refractivity (Wildman–Crippen MR) is 95.9 cm³/mol. The zero-order valence-corrected chi connectivity index (χ0v) is 14.3. The van der Waals surface area contributed by atoms with Crippen molar-refractivity contribution in [3.8, 4) is 0 Å². The quantitative estimate of drug-likeness (QED) is 0.647. The number of carbonyl (C=O) groups is 1. The number of likely N-dealkylation sites (tertiary alicyclic amines) is 1. The van der Waals surface area contributed by atoms with Crippen LogP contribution in [0.3, 0.4) is 0 Å². The van der Waals surface area contributed by atoms with Gasteiger partial charge in [0.2, 0.25) is 0 Å². The van der Waals surface area contributed by atoms with Gasteiger partial charge in [-0.25, -0.2) is 4.79 Å². The normalized spacial score (nSPS) is 32.4. The zero-order valence-electron chi connectivity index (χ0n) is 14.3. The molecule has 0 aromatic heterocycles. The number of likely N-dealkylation sites (N-methyl/N-ethyl adjacent to an activating group) is 1. The van der Waals surface area contributed by atoms with Crippen molar-refractivity contribution in [3.05, 3.63) is 34.9 Å². The van der Waals surface area contributed by atoms with Crippen LogP contribution in [-0.4, -0.2) is 35.6 Å². The van der Waals surface area contributed by atoms with E-state index in [1.54, 1.807) is 6.08 Å². The molecule has 1 aromatic rings. The summed E-state index contributed by atoms with van der Waals surface area (Å²) in [5, 5.41) is 8.89. The van der Waals surface area contributed by atoms with E-state index < -0.39 is 5.97 Å². The number of carboxylic acids is 1. The van der Waals surface area contributed by atoms with Gasteiger partial charge in [0, 0.05) is 23.2 Å². The Morgan fingerprint density at radius 1 is 1.38 bits per heavy atom. The van der Waals surface area contributed by atoms with Crippen molar-refractivity contribution in [2.24, 2.45) is 5.92 Å². The highest BCUT2D eigenvalue weighted by Crippen LogP contribution is 2.56. The summed E-state index contributed by atoms with van der Waals surface area (Å²) in [7, 11) is 2.26. The highest BCUT2D eigenvalue weighted by Gasteiger charge is 2.53. The van der Waals surface area contributed by atoms with Crippen molar-refractivity contribution in [2.45, 2.75) is 50.0 Å². The molecule has 0 radical (unpaired) electrons. The largest absolute Gasteiger partial charge is 0.478 e. The average molecular weight is 326 g/mol. The monoisotopic (exact) mass is 326 g/mol. The van der Waals surface area contributed by atoms with Crippen LogP contribution in [0.4, 0.5) is 5.69 Å². The van der Waals surface area contributed by atoms with Crippen molar-refractivity contribution in [2.75, 3.05) is 19.3 Å². The van der Waals surface area contributed by atoms with Crippen molar-refractivity contribution in [1.82, 2.24) is 4.90 Å². The molecule has 3 N–H and O–H groups in total. The topological polar surface area (TPSA) is 66.6 Å². The van der Waals surface area contributed by atoms with Crippen molar-refractivity contribution >= 4 is 17.7 Å². The lowest BCUT2D eigenvalue weighted by Gasteiger charge is -2.58. The minimum atomic E-state index is -0.935. The van der Waals surface area contributed by atoms with Gasteiger partial charge in [-0.1, -0.05) is 12.8 Å². The molecule has 2 bridgehead atoms. The number of anilines is 1. The summed E-state index contributed by atoms with van der Waals surface area (Å²) in [6.07, 6.45) is 10.4. The van der Waals surface area contributed by atoms with Gasteiger partial charge in [0.1, 0.15) is 0 Å². The van der Waals surface area contributed by atoms with Gasteiger partial charge in [0.05, 0.1) is 0 Å². The van der Waals surface area contributed by atoms with Crippen molar-refractivity contribution < 1.29 is 9.90 Å². The molecule has 24 heavy (non-hydrogen) atoms. The lowest BCUT2D eigenvalue weighted by atomic mass is 9.52. The first-order chi connectivity index (χ1) is 11.5. The summed E-state index contributed by atoms with van der Waals surface area (Å²) < 4.78 is 0. The van der Waals surface area contributed by atoms with Crippen LogP contribution < -0.4 is 5.73 Å². The van der Waals surface area contributed by atoms with E-state index in [2.05, 4.69) is 24.1 Å². The second-order valence-electron chi connectivity index (χ2n) is 7.82. The first-order valence-corrected chi connectivity index (χ1v) is 9.05. The van der Waals surface area contributed by atoms with E-state index in [1.165, 1.54) is 55.9 Å². The predicted octanol–water partition coefficient (Wildman–Crippen LogP) is 3.05. The van der Waals surface area contributed by atoms with Gasteiger partial charge in [-0.05, 0) is 80.1 Å². The van der Waals surface area contributed by atoms with E-state index in [0.29, 0.717) is 17.1 Å². The van der Waals surface area contributed by atoms with Crippen molar-refractivity contribution in [3.63, 3.8) is 0 Å². The molecular weight excluding hydrogens is 300 g/mol. The van der Waals surface area contributed by atoms with E-state index in [-0.39, 0.29) is 0 Å². The maximum Gasteiger partial charge on any atom is 0.328 e. The van der Waals surface area contributed by atoms with Gasteiger partial charge in [-0.2, -0.15) is 0 Å². The Kier molecular flexibility index (Phi) is 3.68. The number of hydrogen-bond donors (Lipinski definition) is 2. The van der Waals surface area contributed by atoms with Gasteiger partial charge < -0.3 is 15.7 Å². The Morgan fingerprint density at radius 2 is 2.21 bits per heavy atom. The lowest BCUT2D eigenvalue weighted by molar-refractivity contribution is -0.131. The third kappa shape index (κ3) is 2.27. The average Bonchev–Trinajstić information content (AvgIpc) is 2.57. The van der Waals surface area contributed by atoms with Crippen LogP contribution in [0.25, 0.3) is 6.08 Å². The fraction of sp³-hybridized carbons (Fsp3) is 0.550. The molecular formula is C20H26N2O2. The Bertz CT molecular complexity index is 712. The molecule has 1 aromatic carbocycles. The van der Waals surface area contributed by atoms with Gasteiger partial charge in [-0.15, -0.1) is 0 Å². The summed E-state index contributed by atoms with van der Waals surface area (Å²) in [5.74, 6) is -0.188. The standard InChI is InChI=1S/C20H26N2O2/c1-22-9-8-20-7-3-2-4-15(20)18(22)11-14-10-13(5-6-19(23)24)17(21)12-16(14)20/h5-6,10,12,15,18H,2-4,7-9,11,21H2,1H3,(H,23,24)/b6-5+/t15-,18+,20+/m0/s1. The number of nitrogens with two attached hydrogens (primary N) is 1. The number of carboxylic acid groups (broad SMARTS) is 1. The van der Waals surface area contributed by atoms with Gasteiger partial charge in [0.15, 0.2) is 0 Å². The molecule has 4 rings (SSSR count). The van der Waals surface area contributed by atoms with Crippen LogP contribution in [0.1, 0.15) is 48.8 Å². The number of nitrogen functional groups attached to an aromatic ring is 1. The first kappa shape index (κ1) is 15.7. The van der Waals surface area contributed by atoms with Crippen molar-refractivity contribution in [1.29, 1.82) is 0 Å². The first-order valence-electron chi connectivity index (χ1n) is 9.05. The third-order valence-electron chi connectivity index (χ3n) is 6.72. The molecule has 1 aliphatic heterocycles. The molecule has 2 fully saturated rings.